The monoisotopic (exact) mass is 674 g/mol. The Hall–Kier alpha value is -4.51. The molecule has 12 heteroatoms. The average molecular weight is 675 g/mol. The summed E-state index contributed by atoms with van der Waals surface area (Å²) < 4.78 is 20.7. The third kappa shape index (κ3) is 6.74. The Morgan fingerprint density at radius 1 is 0.896 bits per heavy atom. The Balaban J connectivity index is 0.000000153. The van der Waals surface area contributed by atoms with E-state index in [1.165, 1.54) is 36.5 Å². The molecule has 2 aromatic heterocycles. The van der Waals surface area contributed by atoms with Crippen LogP contribution in [0.5, 0.6) is 11.5 Å². The molecule has 2 aromatic carbocycles. The molecule has 2 fully saturated rings. The molecule has 0 bridgehead atoms. The van der Waals surface area contributed by atoms with Crippen molar-refractivity contribution in [3.8, 4) is 11.5 Å². The van der Waals surface area contributed by atoms with Gasteiger partial charge in [-0.25, -0.2) is 14.8 Å². The number of fused-ring (bicyclic) bond motifs is 6. The quantitative estimate of drug-likeness (QED) is 0.233. The number of amides is 1. The second-order valence-corrected chi connectivity index (χ2v) is 13.2. The maximum atomic E-state index is 12.0. The van der Waals surface area contributed by atoms with E-state index in [9.17, 15) is 9.59 Å². The van der Waals surface area contributed by atoms with Crippen molar-refractivity contribution in [2.24, 2.45) is 25.9 Å². The maximum absolute atomic E-state index is 12.0. The van der Waals surface area contributed by atoms with Crippen LogP contribution < -0.4 is 19.7 Å². The summed E-state index contributed by atoms with van der Waals surface area (Å²) in [6.45, 7) is 8.39. The highest BCUT2D eigenvalue weighted by Gasteiger charge is 2.57. The molecule has 6 atom stereocenters. The number of aromatic nitrogens is 4. The number of hydrogen-bond acceptors (Lipinski definition) is 8. The van der Waals surface area contributed by atoms with Gasteiger partial charge in [-0.1, -0.05) is 0 Å². The van der Waals surface area contributed by atoms with Crippen LogP contribution in [0, 0.1) is 11.8 Å². The number of benzene rings is 2. The zero-order valence-corrected chi connectivity index (χ0v) is 29.0. The summed E-state index contributed by atoms with van der Waals surface area (Å²) in [5, 5.41) is 3.02. The fourth-order valence-corrected chi connectivity index (χ4v) is 7.28. The van der Waals surface area contributed by atoms with Gasteiger partial charge in [0, 0.05) is 105 Å². The number of rotatable bonds is 6. The van der Waals surface area contributed by atoms with E-state index in [0.29, 0.717) is 42.1 Å². The van der Waals surface area contributed by atoms with Gasteiger partial charge >= 0.3 is 6.09 Å². The van der Waals surface area contributed by atoms with Crippen molar-refractivity contribution >= 4 is 34.3 Å². The second kappa shape index (κ2) is 13.9. The summed E-state index contributed by atoms with van der Waals surface area (Å²) in [5.41, 5.74) is 6.86. The molecule has 2 aliphatic heterocycles. The predicted molar refractivity (Wildman–Crippen MR) is 184 cm³/mol. The van der Waals surface area contributed by atoms with Gasteiger partial charge in [0.2, 0.25) is 5.24 Å². The van der Waals surface area contributed by atoms with Crippen molar-refractivity contribution in [3.63, 3.8) is 0 Å². The van der Waals surface area contributed by atoms with E-state index in [2.05, 4.69) is 70.5 Å². The number of carbonyl (C=O) groups is 2. The molecule has 8 rings (SSSR count). The summed E-state index contributed by atoms with van der Waals surface area (Å²) in [4.78, 5) is 31.8. The van der Waals surface area contributed by atoms with Gasteiger partial charge in [0.05, 0.1) is 44.4 Å². The number of hydrogen-bond donors (Lipinski definition) is 1. The van der Waals surface area contributed by atoms with Gasteiger partial charge in [-0.15, -0.1) is 0 Å². The molecule has 2 saturated carbocycles. The highest BCUT2D eigenvalue weighted by atomic mass is 35.5. The third-order valence-electron chi connectivity index (χ3n) is 9.46. The Bertz CT molecular complexity index is 1780. The molecule has 0 unspecified atom stereocenters. The van der Waals surface area contributed by atoms with Crippen LogP contribution in [0.3, 0.4) is 0 Å². The Kier molecular flexibility index (Phi) is 9.68. The van der Waals surface area contributed by atoms with E-state index in [0.717, 1.165) is 42.6 Å². The minimum atomic E-state index is -0.361. The smallest absolute Gasteiger partial charge is 0.413 e. The zero-order chi connectivity index (χ0) is 34.1. The number of methoxy groups -OCH3 is 1. The standard InChI is InChI=1S/C18H21N3O3.C16H19N3O.C2H3ClO/c1-4-21(18(22)23-3)11-5-6-15-12(7-11)16-13(9-24-15)17(16)14-8-20(2)10-19-14;1-3-17-10-4-5-14-11(6-10)15-12(8-20-14)16(15)13-7-19(2)9-18-13;1-2(3)4/h5-8,10,13,16-17H,4,9H2,1-3H3;4-7,9,12,15-17H,3,8H2,1-2H3;1H3/t13-,16+,17-;12-,15+,16-;/m00./s1. The number of nitrogens with zero attached hydrogens (tertiary/aromatic N) is 5. The summed E-state index contributed by atoms with van der Waals surface area (Å²) in [6, 6.07) is 12.4. The highest BCUT2D eigenvalue weighted by molar-refractivity contribution is 6.62. The number of aryl methyl sites for hydroxylation is 2. The van der Waals surface area contributed by atoms with Crippen LogP contribution in [0.15, 0.2) is 61.4 Å². The minimum absolute atomic E-state index is 0.345. The molecule has 11 nitrogen and oxygen atoms in total. The summed E-state index contributed by atoms with van der Waals surface area (Å²) in [5.74, 6) is 4.94. The lowest BCUT2D eigenvalue weighted by Gasteiger charge is -2.22. The van der Waals surface area contributed by atoms with Crippen LogP contribution in [0.4, 0.5) is 16.2 Å². The molecule has 48 heavy (non-hydrogen) atoms. The van der Waals surface area contributed by atoms with Gasteiger partial charge < -0.3 is 28.7 Å². The predicted octanol–water partition coefficient (Wildman–Crippen LogP) is 6.42. The van der Waals surface area contributed by atoms with Gasteiger partial charge in [-0.05, 0) is 61.8 Å². The van der Waals surface area contributed by atoms with Crippen molar-refractivity contribution in [2.75, 3.05) is 43.6 Å². The van der Waals surface area contributed by atoms with Crippen LogP contribution in [-0.2, 0) is 23.6 Å². The first kappa shape index (κ1) is 33.4. The van der Waals surface area contributed by atoms with E-state index in [1.54, 1.807) is 4.90 Å². The van der Waals surface area contributed by atoms with E-state index < -0.39 is 0 Å². The van der Waals surface area contributed by atoms with Gasteiger partial charge in [0.25, 0.3) is 0 Å². The number of nitrogens with one attached hydrogen (secondary N) is 1. The van der Waals surface area contributed by atoms with E-state index in [1.807, 2.05) is 54.9 Å². The van der Waals surface area contributed by atoms with E-state index in [-0.39, 0.29) is 11.3 Å². The van der Waals surface area contributed by atoms with Crippen molar-refractivity contribution in [3.05, 3.63) is 84.0 Å². The van der Waals surface area contributed by atoms with Crippen molar-refractivity contribution < 1.29 is 23.8 Å². The molecular weight excluding hydrogens is 632 g/mol. The van der Waals surface area contributed by atoms with Crippen molar-refractivity contribution in [2.45, 2.75) is 44.4 Å². The van der Waals surface area contributed by atoms with E-state index in [4.69, 9.17) is 14.2 Å². The zero-order valence-electron chi connectivity index (χ0n) is 28.2. The average Bonchev–Trinajstić information content (AvgIpc) is 3.89. The Morgan fingerprint density at radius 3 is 1.88 bits per heavy atom. The van der Waals surface area contributed by atoms with E-state index >= 15 is 0 Å². The molecular formula is C36H43ClN6O5. The first-order valence-electron chi connectivity index (χ1n) is 16.4. The fraction of sp³-hybridized carbons (Fsp3) is 0.444. The molecule has 0 radical (unpaired) electrons. The Morgan fingerprint density at radius 2 is 1.42 bits per heavy atom. The number of anilines is 2. The van der Waals surface area contributed by atoms with Gasteiger partial charge in [0.1, 0.15) is 11.5 Å². The van der Waals surface area contributed by atoms with Gasteiger partial charge in [-0.3, -0.25) is 9.69 Å². The molecule has 4 aromatic rings. The van der Waals surface area contributed by atoms with Crippen molar-refractivity contribution in [1.82, 2.24) is 19.1 Å². The first-order valence-corrected chi connectivity index (χ1v) is 16.8. The lowest BCUT2D eigenvalue weighted by molar-refractivity contribution is -0.109. The number of imidazole rings is 2. The summed E-state index contributed by atoms with van der Waals surface area (Å²) in [6.07, 6.45) is 7.60. The van der Waals surface area contributed by atoms with Gasteiger partial charge in [-0.2, -0.15) is 0 Å². The molecule has 4 heterocycles. The van der Waals surface area contributed by atoms with Crippen LogP contribution >= 0.6 is 11.6 Å². The molecule has 0 spiro atoms. The molecule has 254 valence electrons. The van der Waals surface area contributed by atoms with Gasteiger partial charge in [0.15, 0.2) is 0 Å². The molecule has 4 aliphatic rings. The van der Waals surface area contributed by atoms with Crippen LogP contribution in [0.25, 0.3) is 0 Å². The topological polar surface area (TPSA) is 113 Å². The Labute approximate surface area is 286 Å². The van der Waals surface area contributed by atoms with Crippen LogP contribution in [0.1, 0.15) is 67.0 Å². The normalized spacial score (nSPS) is 23.4. The van der Waals surface area contributed by atoms with Crippen LogP contribution in [0.2, 0.25) is 0 Å². The lowest BCUT2D eigenvalue weighted by atomic mass is 10.0. The van der Waals surface area contributed by atoms with Crippen molar-refractivity contribution in [1.29, 1.82) is 0 Å². The first-order chi connectivity index (χ1) is 23.1. The lowest BCUT2D eigenvalue weighted by Crippen LogP contribution is -2.30. The maximum Gasteiger partial charge on any atom is 0.413 e. The fourth-order valence-electron chi connectivity index (χ4n) is 7.28. The highest BCUT2D eigenvalue weighted by Crippen LogP contribution is 2.65. The molecule has 2 aliphatic carbocycles. The van der Waals surface area contributed by atoms with Crippen LogP contribution in [-0.4, -0.2) is 63.9 Å². The summed E-state index contributed by atoms with van der Waals surface area (Å²) >= 11 is 4.64. The number of carbonyl (C=O) groups excluding carboxylic acids is 2. The summed E-state index contributed by atoms with van der Waals surface area (Å²) in [7, 11) is 5.41. The number of ether oxygens (including phenoxy) is 3. The third-order valence-corrected chi connectivity index (χ3v) is 9.46. The molecule has 1 N–H and O–H groups in total. The second-order valence-electron chi connectivity index (χ2n) is 12.7. The number of halogens is 1. The largest absolute Gasteiger partial charge is 0.493 e. The SMILES string of the molecule is CC(=O)Cl.CCN(C(=O)OC)c1ccc2c(c1)[C@@H]1[C@H](CO2)[C@H]1c1cn(C)cn1.CCNc1ccc2c(c1)[C@@H]1[C@H](CO2)[C@H]1c1cn(C)cn1. The minimum Gasteiger partial charge on any atom is -0.493 e. The molecule has 1 amide bonds. The molecule has 0 saturated heterocycles.